The molecule has 208 valence electrons. The van der Waals surface area contributed by atoms with Crippen molar-refractivity contribution in [2.45, 2.75) is 53.4 Å². The van der Waals surface area contributed by atoms with Gasteiger partial charge in [0.15, 0.2) is 5.76 Å². The summed E-state index contributed by atoms with van der Waals surface area (Å²) in [6.45, 7) is 5.62. The van der Waals surface area contributed by atoms with Crippen molar-refractivity contribution in [2.24, 2.45) is 5.41 Å². The Labute approximate surface area is 233 Å². The number of anilines is 1. The normalized spacial score (nSPS) is 14.4. The van der Waals surface area contributed by atoms with Gasteiger partial charge in [-0.15, -0.1) is 0 Å². The number of halogens is 1. The van der Waals surface area contributed by atoms with Crippen molar-refractivity contribution in [2.75, 3.05) is 11.9 Å². The van der Waals surface area contributed by atoms with Crippen molar-refractivity contribution in [3.63, 3.8) is 0 Å². The van der Waals surface area contributed by atoms with Crippen LogP contribution < -0.4 is 5.32 Å². The van der Waals surface area contributed by atoms with Gasteiger partial charge in [-0.3, -0.25) is 14.5 Å². The summed E-state index contributed by atoms with van der Waals surface area (Å²) in [4.78, 5) is 45.4. The van der Waals surface area contributed by atoms with Crippen LogP contribution >= 0.6 is 11.6 Å². The Kier molecular flexibility index (Phi) is 6.89. The molecule has 13 nitrogen and oxygen atoms in total. The molecule has 3 amide bonds. The van der Waals surface area contributed by atoms with Crippen molar-refractivity contribution >= 4 is 35.2 Å². The number of fused-ring (bicyclic) bond motifs is 2. The van der Waals surface area contributed by atoms with Gasteiger partial charge in [-0.05, 0) is 23.7 Å². The highest BCUT2D eigenvalue weighted by atomic mass is 35.5. The fourth-order valence-electron chi connectivity index (χ4n) is 4.25. The van der Waals surface area contributed by atoms with Crippen LogP contribution in [-0.4, -0.2) is 49.5 Å². The minimum Gasteiger partial charge on any atom is -0.491 e. The number of hydrogen-bond donors (Lipinski definition) is 2. The van der Waals surface area contributed by atoms with Gasteiger partial charge in [0.1, 0.15) is 24.1 Å². The van der Waals surface area contributed by atoms with E-state index in [-0.39, 0.29) is 54.5 Å². The smallest absolute Gasteiger partial charge is 0.410 e. The van der Waals surface area contributed by atoms with E-state index in [1.165, 1.54) is 21.9 Å². The van der Waals surface area contributed by atoms with E-state index in [4.69, 9.17) is 25.3 Å². The van der Waals surface area contributed by atoms with Crippen molar-refractivity contribution in [3.8, 4) is 11.9 Å². The predicted molar refractivity (Wildman–Crippen MR) is 137 cm³/mol. The fraction of sp³-hybridized carbons (Fsp3) is 0.385. The van der Waals surface area contributed by atoms with Gasteiger partial charge in [0, 0.05) is 23.2 Å². The number of benzene rings is 1. The molecule has 0 saturated carbocycles. The van der Waals surface area contributed by atoms with E-state index in [1.807, 2.05) is 6.07 Å². The first-order valence-electron chi connectivity index (χ1n) is 12.3. The van der Waals surface area contributed by atoms with Crippen molar-refractivity contribution < 1.29 is 33.2 Å². The van der Waals surface area contributed by atoms with Gasteiger partial charge < -0.3 is 29.0 Å². The number of carbonyl (C=O) groups excluding carboxylic acids is 3. The maximum atomic E-state index is 12.9. The topological polar surface area (TPSA) is 175 Å². The first kappa shape index (κ1) is 27.0. The Bertz CT molecular complexity index is 1540. The van der Waals surface area contributed by atoms with E-state index in [1.54, 1.807) is 20.8 Å². The van der Waals surface area contributed by atoms with E-state index >= 15 is 0 Å². The number of amides is 3. The first-order valence-corrected chi connectivity index (χ1v) is 12.7. The molecule has 0 atom stereocenters. The molecular formula is C26H25ClN6O7. The summed E-state index contributed by atoms with van der Waals surface area (Å²) < 4.78 is 16.2. The summed E-state index contributed by atoms with van der Waals surface area (Å²) in [5.41, 5.74) is 1.23. The highest BCUT2D eigenvalue weighted by Crippen LogP contribution is 2.30. The molecule has 0 aliphatic carbocycles. The summed E-state index contributed by atoms with van der Waals surface area (Å²) in [6, 6.07) is 4.89. The number of oxazole rings is 1. The molecule has 0 unspecified atom stereocenters. The Morgan fingerprint density at radius 1 is 1.20 bits per heavy atom. The van der Waals surface area contributed by atoms with Crippen LogP contribution in [0.3, 0.4) is 0 Å². The van der Waals surface area contributed by atoms with E-state index in [0.717, 1.165) is 0 Å². The molecule has 14 heteroatoms. The van der Waals surface area contributed by atoms with Crippen LogP contribution in [0.25, 0.3) is 0 Å². The van der Waals surface area contributed by atoms with E-state index in [9.17, 15) is 24.8 Å². The average molecular weight is 569 g/mol. The quantitative estimate of drug-likeness (QED) is 0.471. The number of ether oxygens (including phenoxy) is 1. The zero-order valence-corrected chi connectivity index (χ0v) is 22.7. The minimum absolute atomic E-state index is 0.0519. The Morgan fingerprint density at radius 3 is 2.65 bits per heavy atom. The maximum absolute atomic E-state index is 12.9. The molecule has 2 aromatic heterocycles. The zero-order valence-electron chi connectivity index (χ0n) is 21.9. The fourth-order valence-corrected chi connectivity index (χ4v) is 4.48. The molecule has 3 aromatic rings. The van der Waals surface area contributed by atoms with Crippen molar-refractivity contribution in [1.29, 1.82) is 5.26 Å². The highest BCUT2D eigenvalue weighted by molar-refractivity contribution is 6.32. The lowest BCUT2D eigenvalue weighted by Gasteiger charge is -2.24. The van der Waals surface area contributed by atoms with Gasteiger partial charge in [0.05, 0.1) is 35.8 Å². The second-order valence-electron chi connectivity index (χ2n) is 10.5. The summed E-state index contributed by atoms with van der Waals surface area (Å²) >= 11 is 6.18. The maximum Gasteiger partial charge on any atom is 0.410 e. The number of nitrogens with zero attached hydrogens (tertiary/aromatic N) is 5. The largest absolute Gasteiger partial charge is 0.491 e. The number of aromatic hydroxyl groups is 1. The number of hydrogen-bond acceptors (Lipinski definition) is 10. The van der Waals surface area contributed by atoms with Gasteiger partial charge >= 0.3 is 12.0 Å². The standard InChI is InChI=1S/C26H25ClN6O7/c1-26(2,3)24(36)30-17-7-13(8-28)16(27)6-14(17)12-38-25(37)33-9-18-20(11-33)39-22(29-18)23(35)32-5-4-15-19(10-32)40-31-21(15)34/h6-7H,4-5,9-12H2,1-3H3,(H,30,36)(H,31,34). The lowest BCUT2D eigenvalue weighted by molar-refractivity contribution is -0.123. The van der Waals surface area contributed by atoms with Crippen molar-refractivity contribution in [3.05, 3.63) is 57.0 Å². The lowest BCUT2D eigenvalue weighted by atomic mass is 9.95. The second kappa shape index (κ2) is 10.2. The molecule has 0 bridgehead atoms. The Hall–Kier alpha value is -4.57. The molecule has 5 rings (SSSR count). The number of carbonyl (C=O) groups is 3. The van der Waals surface area contributed by atoms with Crippen LogP contribution in [0.15, 0.2) is 21.1 Å². The third-order valence-electron chi connectivity index (χ3n) is 6.59. The van der Waals surface area contributed by atoms with Gasteiger partial charge in [-0.2, -0.15) is 5.26 Å². The Balaban J connectivity index is 1.21. The molecule has 2 aliphatic heterocycles. The molecule has 0 fully saturated rings. The Morgan fingerprint density at radius 2 is 1.95 bits per heavy atom. The minimum atomic E-state index is -0.696. The number of nitrogens with one attached hydrogen (secondary N) is 1. The number of nitriles is 1. The van der Waals surface area contributed by atoms with Gasteiger partial charge in [0.25, 0.3) is 11.8 Å². The monoisotopic (exact) mass is 568 g/mol. The third kappa shape index (κ3) is 5.17. The molecule has 40 heavy (non-hydrogen) atoms. The predicted octanol–water partition coefficient (Wildman–Crippen LogP) is 3.73. The van der Waals surface area contributed by atoms with E-state index in [0.29, 0.717) is 47.0 Å². The first-order chi connectivity index (χ1) is 18.9. The SMILES string of the molecule is CC(C)(C)C(=O)Nc1cc(C#N)c(Cl)cc1COC(=O)N1Cc2nc(C(=O)N3CCc4c(O)noc4C3)oc2C1. The van der Waals surface area contributed by atoms with Gasteiger partial charge in [0.2, 0.25) is 5.91 Å². The summed E-state index contributed by atoms with van der Waals surface area (Å²) in [6.07, 6.45) is -0.272. The lowest BCUT2D eigenvalue weighted by Crippen LogP contribution is -2.35. The summed E-state index contributed by atoms with van der Waals surface area (Å²) in [5.74, 6) is -0.206. The van der Waals surface area contributed by atoms with Crippen LogP contribution in [0.5, 0.6) is 5.88 Å². The van der Waals surface area contributed by atoms with Gasteiger partial charge in [-0.1, -0.05) is 32.4 Å². The zero-order chi connectivity index (χ0) is 28.8. The number of rotatable bonds is 4. The molecule has 0 saturated heterocycles. The summed E-state index contributed by atoms with van der Waals surface area (Å²) in [5, 5.41) is 25.5. The molecule has 1 aromatic carbocycles. The van der Waals surface area contributed by atoms with E-state index < -0.39 is 17.4 Å². The van der Waals surface area contributed by atoms with Crippen LogP contribution in [0.1, 0.15) is 65.4 Å². The molecular weight excluding hydrogens is 544 g/mol. The second-order valence-corrected chi connectivity index (χ2v) is 10.9. The average Bonchev–Trinajstić information content (AvgIpc) is 3.60. The van der Waals surface area contributed by atoms with Crippen LogP contribution in [-0.2, 0) is 42.2 Å². The van der Waals surface area contributed by atoms with E-state index in [2.05, 4.69) is 15.5 Å². The highest BCUT2D eigenvalue weighted by Gasteiger charge is 2.34. The van der Waals surface area contributed by atoms with Gasteiger partial charge in [-0.25, -0.2) is 9.78 Å². The summed E-state index contributed by atoms with van der Waals surface area (Å²) in [7, 11) is 0. The third-order valence-corrected chi connectivity index (χ3v) is 6.90. The number of aromatic nitrogens is 2. The molecule has 2 N–H and O–H groups in total. The van der Waals surface area contributed by atoms with Crippen LogP contribution in [0.2, 0.25) is 5.02 Å². The molecule has 4 heterocycles. The van der Waals surface area contributed by atoms with Crippen LogP contribution in [0.4, 0.5) is 10.5 Å². The molecule has 0 spiro atoms. The van der Waals surface area contributed by atoms with Crippen LogP contribution in [0, 0.1) is 16.7 Å². The molecule has 2 aliphatic rings. The van der Waals surface area contributed by atoms with Crippen molar-refractivity contribution in [1.82, 2.24) is 19.9 Å². The molecule has 0 radical (unpaired) electrons.